The van der Waals surface area contributed by atoms with Gasteiger partial charge in [0.25, 0.3) is 5.91 Å². The molecule has 2 aromatic rings. The summed E-state index contributed by atoms with van der Waals surface area (Å²) >= 11 is 6.62. The molecule has 3 rings (SSSR count). The third kappa shape index (κ3) is 3.35. The van der Waals surface area contributed by atoms with Crippen LogP contribution in [-0.4, -0.2) is 15.1 Å². The number of hydrogen-bond donors (Lipinski definition) is 0. The average Bonchev–Trinajstić information content (AvgIpc) is 2.81. The van der Waals surface area contributed by atoms with Crippen LogP contribution in [0.3, 0.4) is 0 Å². The van der Waals surface area contributed by atoms with Crippen molar-refractivity contribution in [3.63, 3.8) is 0 Å². The normalized spacial score (nSPS) is 17.8. The number of hydrogen-bond acceptors (Lipinski definition) is 3. The number of amides is 1. The van der Waals surface area contributed by atoms with Crippen molar-refractivity contribution in [3.05, 3.63) is 76.4 Å². The number of carbonyl (C=O) groups excluding carboxylic acids is 1. The van der Waals surface area contributed by atoms with Crippen LogP contribution in [0.1, 0.15) is 24.1 Å². The van der Waals surface area contributed by atoms with E-state index < -0.39 is 0 Å². The Morgan fingerprint density at radius 3 is 2.61 bits per heavy atom. The second kappa shape index (κ2) is 6.64. The highest BCUT2D eigenvalue weighted by Gasteiger charge is 2.35. The lowest BCUT2D eigenvalue weighted by Gasteiger charge is -2.23. The molecule has 23 heavy (non-hydrogen) atoms. The lowest BCUT2D eigenvalue weighted by Crippen LogP contribution is -2.30. The molecule has 1 aliphatic rings. The second-order valence-electron chi connectivity index (χ2n) is 5.19. The molecule has 1 saturated heterocycles. The summed E-state index contributed by atoms with van der Waals surface area (Å²) in [5.74, 6) is -0.465. The van der Waals surface area contributed by atoms with Crippen LogP contribution >= 0.6 is 24.0 Å². The van der Waals surface area contributed by atoms with Crippen molar-refractivity contribution in [2.45, 2.75) is 13.0 Å². The minimum Gasteiger partial charge on any atom is -0.286 e. The van der Waals surface area contributed by atoms with E-state index in [1.807, 2.05) is 37.3 Å². The largest absolute Gasteiger partial charge is 0.286 e. The summed E-state index contributed by atoms with van der Waals surface area (Å²) < 4.78 is 13.8. The minimum atomic E-state index is -0.327. The standard InChI is InChI=1S/C18H14FNOS2/c1-12(14-7-3-2-4-8-14)20-17(21)16(23-18(20)22)11-13-6-5-9-15(19)10-13/h2-12H,1H3/b16-11-. The number of nitrogens with zero attached hydrogens (tertiary/aromatic N) is 1. The second-order valence-corrected chi connectivity index (χ2v) is 6.87. The molecule has 1 atom stereocenters. The first-order valence-corrected chi connectivity index (χ1v) is 8.36. The lowest BCUT2D eigenvalue weighted by molar-refractivity contribution is -0.123. The Morgan fingerprint density at radius 2 is 1.91 bits per heavy atom. The topological polar surface area (TPSA) is 20.3 Å². The highest BCUT2D eigenvalue weighted by atomic mass is 32.2. The molecule has 1 aliphatic heterocycles. The number of rotatable bonds is 3. The molecule has 5 heteroatoms. The minimum absolute atomic E-state index is 0.137. The van der Waals surface area contributed by atoms with E-state index in [9.17, 15) is 9.18 Å². The van der Waals surface area contributed by atoms with Gasteiger partial charge in [-0.1, -0.05) is 66.4 Å². The molecule has 0 bridgehead atoms. The third-order valence-corrected chi connectivity index (χ3v) is 4.97. The van der Waals surface area contributed by atoms with Crippen molar-refractivity contribution in [3.8, 4) is 0 Å². The summed E-state index contributed by atoms with van der Waals surface area (Å²) in [6.07, 6.45) is 1.68. The summed E-state index contributed by atoms with van der Waals surface area (Å²) in [7, 11) is 0. The van der Waals surface area contributed by atoms with E-state index in [1.165, 1.54) is 23.9 Å². The maximum absolute atomic E-state index is 13.3. The van der Waals surface area contributed by atoms with E-state index in [0.29, 0.717) is 14.8 Å². The van der Waals surface area contributed by atoms with E-state index in [4.69, 9.17) is 12.2 Å². The van der Waals surface area contributed by atoms with Crippen LogP contribution in [0, 0.1) is 5.82 Å². The highest BCUT2D eigenvalue weighted by molar-refractivity contribution is 8.26. The van der Waals surface area contributed by atoms with Crippen LogP contribution in [0.2, 0.25) is 0 Å². The first-order valence-electron chi connectivity index (χ1n) is 7.14. The SMILES string of the molecule is CC(c1ccccc1)N1C(=O)/C(=C/c2cccc(F)c2)SC1=S. The average molecular weight is 343 g/mol. The molecular weight excluding hydrogens is 329 g/mol. The Bertz CT molecular complexity index is 789. The molecule has 2 nitrogen and oxygen atoms in total. The van der Waals surface area contributed by atoms with Crippen molar-refractivity contribution in [2.75, 3.05) is 0 Å². The van der Waals surface area contributed by atoms with Crippen molar-refractivity contribution < 1.29 is 9.18 Å². The number of thiocarbonyl (C=S) groups is 1. The molecule has 0 aromatic heterocycles. The lowest BCUT2D eigenvalue weighted by atomic mass is 10.1. The zero-order chi connectivity index (χ0) is 16.4. The van der Waals surface area contributed by atoms with E-state index in [-0.39, 0.29) is 17.8 Å². The number of thioether (sulfide) groups is 1. The van der Waals surface area contributed by atoms with Crippen molar-refractivity contribution in [1.29, 1.82) is 0 Å². The fourth-order valence-electron chi connectivity index (χ4n) is 2.44. The van der Waals surface area contributed by atoms with E-state index in [2.05, 4.69) is 0 Å². The Labute approximate surface area is 144 Å². The molecule has 116 valence electrons. The van der Waals surface area contributed by atoms with Gasteiger partial charge in [-0.2, -0.15) is 0 Å². The van der Waals surface area contributed by atoms with Crippen LogP contribution < -0.4 is 0 Å². The quantitative estimate of drug-likeness (QED) is 0.590. The molecule has 1 fully saturated rings. The Balaban J connectivity index is 1.88. The Morgan fingerprint density at radius 1 is 1.17 bits per heavy atom. The summed E-state index contributed by atoms with van der Waals surface area (Å²) in [4.78, 5) is 14.8. The fourth-order valence-corrected chi connectivity index (χ4v) is 3.86. The summed E-state index contributed by atoms with van der Waals surface area (Å²) in [6.45, 7) is 1.95. The molecular formula is C18H14FNOS2. The van der Waals surface area contributed by atoms with Gasteiger partial charge >= 0.3 is 0 Å². The molecule has 1 heterocycles. The molecule has 0 aliphatic carbocycles. The van der Waals surface area contributed by atoms with Crippen LogP contribution in [0.5, 0.6) is 0 Å². The summed E-state index contributed by atoms with van der Waals surface area (Å²) in [5.41, 5.74) is 1.67. The van der Waals surface area contributed by atoms with Gasteiger partial charge in [0.05, 0.1) is 10.9 Å². The van der Waals surface area contributed by atoms with Gasteiger partial charge in [-0.05, 0) is 36.3 Å². The summed E-state index contributed by atoms with van der Waals surface area (Å²) in [5, 5.41) is 0. The first-order chi connectivity index (χ1) is 11.1. The van der Waals surface area contributed by atoms with Crippen molar-refractivity contribution in [2.24, 2.45) is 0 Å². The predicted octanol–water partition coefficient (Wildman–Crippen LogP) is 4.79. The third-order valence-electron chi connectivity index (χ3n) is 3.64. The van der Waals surface area contributed by atoms with Gasteiger partial charge in [0.15, 0.2) is 0 Å². The zero-order valence-electron chi connectivity index (χ0n) is 12.4. The molecule has 2 aromatic carbocycles. The number of carbonyl (C=O) groups is 1. The fraction of sp³-hybridized carbons (Fsp3) is 0.111. The maximum atomic E-state index is 13.3. The van der Waals surface area contributed by atoms with E-state index >= 15 is 0 Å². The highest BCUT2D eigenvalue weighted by Crippen LogP contribution is 2.37. The van der Waals surface area contributed by atoms with Gasteiger partial charge in [-0.25, -0.2) is 4.39 Å². The van der Waals surface area contributed by atoms with Gasteiger partial charge in [0.2, 0.25) is 0 Å². The van der Waals surface area contributed by atoms with Gasteiger partial charge in [-0.3, -0.25) is 9.69 Å². The summed E-state index contributed by atoms with van der Waals surface area (Å²) in [6, 6.07) is 15.8. The smallest absolute Gasteiger partial charge is 0.266 e. The molecule has 0 N–H and O–H groups in total. The van der Waals surface area contributed by atoms with Crippen LogP contribution in [-0.2, 0) is 4.79 Å². The van der Waals surface area contributed by atoms with Gasteiger partial charge < -0.3 is 0 Å². The predicted molar refractivity (Wildman–Crippen MR) is 96.3 cm³/mol. The van der Waals surface area contributed by atoms with Gasteiger partial charge in [-0.15, -0.1) is 0 Å². The number of halogens is 1. The van der Waals surface area contributed by atoms with Crippen LogP contribution in [0.15, 0.2) is 59.5 Å². The van der Waals surface area contributed by atoms with Gasteiger partial charge in [0.1, 0.15) is 10.1 Å². The van der Waals surface area contributed by atoms with Gasteiger partial charge in [0, 0.05) is 0 Å². The monoisotopic (exact) mass is 343 g/mol. The maximum Gasteiger partial charge on any atom is 0.266 e. The van der Waals surface area contributed by atoms with E-state index in [1.54, 1.807) is 23.1 Å². The molecule has 1 unspecified atom stereocenters. The zero-order valence-corrected chi connectivity index (χ0v) is 14.0. The van der Waals surface area contributed by atoms with Crippen LogP contribution in [0.25, 0.3) is 6.08 Å². The molecule has 0 saturated carbocycles. The number of benzene rings is 2. The molecule has 0 radical (unpaired) electrons. The molecule has 0 spiro atoms. The van der Waals surface area contributed by atoms with Crippen LogP contribution in [0.4, 0.5) is 4.39 Å². The van der Waals surface area contributed by atoms with Crippen molar-refractivity contribution in [1.82, 2.24) is 4.90 Å². The Hall–Kier alpha value is -1.98. The first kappa shape index (κ1) is 15.9. The van der Waals surface area contributed by atoms with E-state index in [0.717, 1.165) is 5.56 Å². The van der Waals surface area contributed by atoms with Crippen molar-refractivity contribution >= 4 is 40.3 Å². The molecule has 1 amide bonds. The Kier molecular flexibility index (Phi) is 4.59.